The van der Waals surface area contributed by atoms with Crippen LogP contribution >= 0.6 is 0 Å². The maximum atomic E-state index is 8.61. The van der Waals surface area contributed by atoms with Crippen molar-refractivity contribution in [2.24, 2.45) is 0 Å². The third-order valence-corrected chi connectivity index (χ3v) is 1.47. The molecular weight excluding hydrogens is 106 g/mol. The Morgan fingerprint density at radius 2 is 2.62 bits per heavy atom. The van der Waals surface area contributed by atoms with Crippen molar-refractivity contribution >= 4 is 0 Å². The zero-order valence-corrected chi connectivity index (χ0v) is 5.00. The van der Waals surface area contributed by atoms with Crippen LogP contribution in [0.5, 0.6) is 0 Å². The predicted molar refractivity (Wildman–Crippen MR) is 29.2 cm³/mol. The van der Waals surface area contributed by atoms with Crippen molar-refractivity contribution in [3.63, 3.8) is 0 Å². The summed E-state index contributed by atoms with van der Waals surface area (Å²) in [6, 6.07) is 0.231. The van der Waals surface area contributed by atoms with Gasteiger partial charge < -0.3 is 5.11 Å². The zero-order valence-electron chi connectivity index (χ0n) is 5.00. The van der Waals surface area contributed by atoms with Crippen molar-refractivity contribution in [3.8, 4) is 0 Å². The zero-order chi connectivity index (χ0) is 5.98. The van der Waals surface area contributed by atoms with Crippen molar-refractivity contribution in [2.45, 2.75) is 12.5 Å². The first-order chi connectivity index (χ1) is 3.84. The molecule has 3 heteroatoms. The number of hydrogen-bond donors (Lipinski definition) is 1. The largest absolute Gasteiger partial charge is 0.395 e. The average Bonchev–Trinajstić information content (AvgIpc) is 2.14. The van der Waals surface area contributed by atoms with Crippen LogP contribution in [0.4, 0.5) is 0 Å². The van der Waals surface area contributed by atoms with E-state index in [9.17, 15) is 0 Å². The first-order valence-corrected chi connectivity index (χ1v) is 2.81. The van der Waals surface area contributed by atoms with E-state index in [1.54, 1.807) is 5.06 Å². The standard InChI is InChI=1S/C5H11NO2/c1-6-5(4-7)2-3-8-6/h5,7H,2-4H2,1H3/t5-/m0/s1. The fraction of sp³-hybridized carbons (Fsp3) is 1.00. The SMILES string of the molecule is CN1OCC[C@H]1CO. The van der Waals surface area contributed by atoms with E-state index in [1.807, 2.05) is 7.05 Å². The topological polar surface area (TPSA) is 32.7 Å². The first kappa shape index (κ1) is 6.01. The highest BCUT2D eigenvalue weighted by Gasteiger charge is 2.20. The highest BCUT2D eigenvalue weighted by Crippen LogP contribution is 2.09. The minimum Gasteiger partial charge on any atom is -0.395 e. The molecule has 1 fully saturated rings. The third kappa shape index (κ3) is 0.992. The summed E-state index contributed by atoms with van der Waals surface area (Å²) < 4.78 is 0. The van der Waals surface area contributed by atoms with Crippen molar-refractivity contribution in [1.82, 2.24) is 5.06 Å². The molecule has 3 nitrogen and oxygen atoms in total. The number of hydroxylamine groups is 2. The van der Waals surface area contributed by atoms with Gasteiger partial charge in [0.25, 0.3) is 0 Å². The van der Waals surface area contributed by atoms with Gasteiger partial charge in [-0.15, -0.1) is 0 Å². The lowest BCUT2D eigenvalue weighted by molar-refractivity contribution is -0.116. The summed E-state index contributed by atoms with van der Waals surface area (Å²) in [6.07, 6.45) is 0.951. The highest BCUT2D eigenvalue weighted by atomic mass is 16.7. The molecular formula is C5H11NO2. The van der Waals surface area contributed by atoms with E-state index in [0.29, 0.717) is 0 Å². The van der Waals surface area contributed by atoms with E-state index >= 15 is 0 Å². The Hall–Kier alpha value is -0.120. The van der Waals surface area contributed by atoms with E-state index in [1.165, 1.54) is 0 Å². The van der Waals surface area contributed by atoms with Gasteiger partial charge in [-0.25, -0.2) is 0 Å². The van der Waals surface area contributed by atoms with Gasteiger partial charge in [0.05, 0.1) is 19.3 Å². The molecule has 0 aliphatic carbocycles. The van der Waals surface area contributed by atoms with Crippen LogP contribution < -0.4 is 0 Å². The smallest absolute Gasteiger partial charge is 0.0701 e. The fourth-order valence-corrected chi connectivity index (χ4v) is 0.826. The molecule has 1 rings (SSSR count). The van der Waals surface area contributed by atoms with E-state index < -0.39 is 0 Å². The Morgan fingerprint density at radius 1 is 1.88 bits per heavy atom. The first-order valence-electron chi connectivity index (χ1n) is 2.81. The van der Waals surface area contributed by atoms with Gasteiger partial charge in [0.2, 0.25) is 0 Å². The molecule has 1 aliphatic heterocycles. The molecule has 8 heavy (non-hydrogen) atoms. The van der Waals surface area contributed by atoms with Crippen LogP contribution in [0.1, 0.15) is 6.42 Å². The molecule has 1 N–H and O–H groups in total. The Labute approximate surface area is 48.8 Å². The van der Waals surface area contributed by atoms with Crippen LogP contribution in [0.3, 0.4) is 0 Å². The molecule has 0 saturated carbocycles. The van der Waals surface area contributed by atoms with Gasteiger partial charge in [0.15, 0.2) is 0 Å². The van der Waals surface area contributed by atoms with Gasteiger partial charge in [-0.05, 0) is 6.42 Å². The lowest BCUT2D eigenvalue weighted by Gasteiger charge is -2.13. The van der Waals surface area contributed by atoms with Gasteiger partial charge in [0, 0.05) is 7.05 Å². The number of likely N-dealkylation sites (N-methyl/N-ethyl adjacent to an activating group) is 1. The van der Waals surface area contributed by atoms with Gasteiger partial charge in [-0.2, -0.15) is 5.06 Å². The lowest BCUT2D eigenvalue weighted by atomic mass is 10.2. The number of hydrogen-bond acceptors (Lipinski definition) is 3. The number of rotatable bonds is 1. The van der Waals surface area contributed by atoms with E-state index in [0.717, 1.165) is 13.0 Å². The molecule has 0 bridgehead atoms. The maximum absolute atomic E-state index is 8.61. The average molecular weight is 117 g/mol. The second-order valence-electron chi connectivity index (χ2n) is 2.00. The second kappa shape index (κ2) is 2.44. The minimum absolute atomic E-state index is 0.205. The lowest BCUT2D eigenvalue weighted by Crippen LogP contribution is -2.26. The Kier molecular flexibility index (Phi) is 1.83. The molecule has 1 atom stereocenters. The Balaban J connectivity index is 2.30. The number of nitrogens with zero attached hydrogens (tertiary/aromatic N) is 1. The van der Waals surface area contributed by atoms with Gasteiger partial charge in [-0.1, -0.05) is 0 Å². The molecule has 0 amide bonds. The highest BCUT2D eigenvalue weighted by molar-refractivity contribution is 4.65. The molecule has 0 unspecified atom stereocenters. The van der Waals surface area contributed by atoms with Crippen LogP contribution in [-0.4, -0.2) is 36.5 Å². The van der Waals surface area contributed by atoms with Crippen LogP contribution in [0.15, 0.2) is 0 Å². The van der Waals surface area contributed by atoms with E-state index in [-0.39, 0.29) is 12.6 Å². The van der Waals surface area contributed by atoms with Gasteiger partial charge in [-0.3, -0.25) is 4.84 Å². The molecule has 1 aliphatic rings. The Morgan fingerprint density at radius 3 is 2.88 bits per heavy atom. The maximum Gasteiger partial charge on any atom is 0.0701 e. The van der Waals surface area contributed by atoms with Crippen molar-refractivity contribution in [1.29, 1.82) is 0 Å². The molecule has 1 heterocycles. The van der Waals surface area contributed by atoms with E-state index in [2.05, 4.69) is 0 Å². The predicted octanol–water partition coefficient (Wildman–Crippen LogP) is -0.386. The third-order valence-electron chi connectivity index (χ3n) is 1.47. The van der Waals surface area contributed by atoms with Crippen molar-refractivity contribution in [3.05, 3.63) is 0 Å². The molecule has 0 spiro atoms. The summed E-state index contributed by atoms with van der Waals surface area (Å²) in [5.41, 5.74) is 0. The summed E-state index contributed by atoms with van der Waals surface area (Å²) in [5, 5.41) is 10.3. The summed E-state index contributed by atoms with van der Waals surface area (Å²) in [6.45, 7) is 0.957. The normalized spacial score (nSPS) is 31.5. The quantitative estimate of drug-likeness (QED) is 0.508. The number of aliphatic hydroxyl groups excluding tert-OH is 1. The molecule has 0 radical (unpaired) electrons. The Bertz CT molecular complexity index is 76.8. The van der Waals surface area contributed by atoms with E-state index in [4.69, 9.17) is 9.94 Å². The molecule has 1 saturated heterocycles. The summed E-state index contributed by atoms with van der Waals surface area (Å²) in [5.74, 6) is 0. The van der Waals surface area contributed by atoms with Crippen LogP contribution in [-0.2, 0) is 4.84 Å². The van der Waals surface area contributed by atoms with Crippen molar-refractivity contribution < 1.29 is 9.94 Å². The summed E-state index contributed by atoms with van der Waals surface area (Å²) >= 11 is 0. The van der Waals surface area contributed by atoms with Crippen LogP contribution in [0.25, 0.3) is 0 Å². The molecule has 0 aromatic heterocycles. The monoisotopic (exact) mass is 117 g/mol. The minimum atomic E-state index is 0.205. The number of aliphatic hydroxyl groups is 1. The second-order valence-corrected chi connectivity index (χ2v) is 2.00. The fourth-order valence-electron chi connectivity index (χ4n) is 0.826. The van der Waals surface area contributed by atoms with Gasteiger partial charge in [0.1, 0.15) is 0 Å². The van der Waals surface area contributed by atoms with Crippen LogP contribution in [0.2, 0.25) is 0 Å². The van der Waals surface area contributed by atoms with Gasteiger partial charge >= 0.3 is 0 Å². The molecule has 0 aromatic carbocycles. The van der Waals surface area contributed by atoms with Crippen LogP contribution in [0, 0.1) is 0 Å². The summed E-state index contributed by atoms with van der Waals surface area (Å²) in [4.78, 5) is 5.03. The molecule has 48 valence electrons. The molecule has 0 aromatic rings. The van der Waals surface area contributed by atoms with Crippen molar-refractivity contribution in [2.75, 3.05) is 20.3 Å². The summed E-state index contributed by atoms with van der Waals surface area (Å²) in [7, 11) is 1.84.